The first-order valence-electron chi connectivity index (χ1n) is 8.34. The van der Waals surface area contributed by atoms with Gasteiger partial charge in [0.25, 0.3) is 0 Å². The zero-order valence-electron chi connectivity index (χ0n) is 14.4. The van der Waals surface area contributed by atoms with E-state index in [1.165, 1.54) is 4.31 Å². The highest BCUT2D eigenvalue weighted by molar-refractivity contribution is 7.89. The lowest BCUT2D eigenvalue weighted by Crippen LogP contribution is -2.37. The number of nitrogens with zero attached hydrogens (tertiary/aromatic N) is 2. The third-order valence-electron chi connectivity index (χ3n) is 4.63. The minimum Gasteiger partial charge on any atom is -0.345 e. The van der Waals surface area contributed by atoms with Crippen LogP contribution in [0.25, 0.3) is 11.0 Å². The highest BCUT2D eigenvalue weighted by Gasteiger charge is 2.24. The van der Waals surface area contributed by atoms with Crippen LogP contribution in [-0.2, 0) is 10.0 Å². The Labute approximate surface area is 147 Å². The standard InChI is InChI=1S/C16H23N5O3S/c1-11-12(2)15-14(18-10-19-15)9-13(11)20-16(22)17-5-8-25(23,24)21-6-3-4-7-21/h9-10H,3-8H2,1-2H3,(H,18,19)(H2,17,20,22). The van der Waals surface area contributed by atoms with Crippen LogP contribution in [0.15, 0.2) is 12.4 Å². The second kappa shape index (κ2) is 7.01. The minimum absolute atomic E-state index is 0.0784. The Bertz CT molecular complexity index is 885. The van der Waals surface area contributed by atoms with E-state index >= 15 is 0 Å². The Morgan fingerprint density at radius 3 is 2.72 bits per heavy atom. The van der Waals surface area contributed by atoms with Crippen molar-refractivity contribution in [3.8, 4) is 0 Å². The number of carbonyl (C=O) groups is 1. The molecule has 3 rings (SSSR count). The van der Waals surface area contributed by atoms with Gasteiger partial charge in [-0.2, -0.15) is 0 Å². The molecule has 1 aliphatic rings. The van der Waals surface area contributed by atoms with Crippen molar-refractivity contribution in [2.75, 3.05) is 30.7 Å². The van der Waals surface area contributed by atoms with E-state index in [1.54, 1.807) is 6.33 Å². The number of anilines is 1. The van der Waals surface area contributed by atoms with Crippen molar-refractivity contribution in [1.29, 1.82) is 0 Å². The van der Waals surface area contributed by atoms with Crippen LogP contribution in [0.3, 0.4) is 0 Å². The van der Waals surface area contributed by atoms with Crippen molar-refractivity contribution >= 4 is 32.8 Å². The molecule has 1 aromatic heterocycles. The van der Waals surface area contributed by atoms with Crippen LogP contribution in [0, 0.1) is 13.8 Å². The number of nitrogens with one attached hydrogen (secondary N) is 3. The summed E-state index contributed by atoms with van der Waals surface area (Å²) in [4.78, 5) is 19.4. The molecule has 0 atom stereocenters. The molecule has 9 heteroatoms. The molecule has 2 amide bonds. The van der Waals surface area contributed by atoms with Gasteiger partial charge in [-0.05, 0) is 43.9 Å². The molecule has 8 nitrogen and oxygen atoms in total. The smallest absolute Gasteiger partial charge is 0.319 e. The Morgan fingerprint density at radius 2 is 2.00 bits per heavy atom. The van der Waals surface area contributed by atoms with Gasteiger partial charge in [0.2, 0.25) is 10.0 Å². The van der Waals surface area contributed by atoms with Crippen LogP contribution in [-0.4, -0.2) is 54.1 Å². The van der Waals surface area contributed by atoms with Crippen LogP contribution in [0.1, 0.15) is 24.0 Å². The number of sulfonamides is 1. The molecule has 0 radical (unpaired) electrons. The van der Waals surface area contributed by atoms with Gasteiger partial charge in [0.05, 0.1) is 23.1 Å². The second-order valence-corrected chi connectivity index (χ2v) is 8.36. The average molecular weight is 365 g/mol. The fourth-order valence-electron chi connectivity index (χ4n) is 3.03. The molecule has 2 aromatic rings. The van der Waals surface area contributed by atoms with Gasteiger partial charge in [-0.15, -0.1) is 0 Å². The van der Waals surface area contributed by atoms with Crippen LogP contribution in [0.4, 0.5) is 10.5 Å². The first-order chi connectivity index (χ1) is 11.9. The van der Waals surface area contributed by atoms with Crippen molar-refractivity contribution in [2.45, 2.75) is 26.7 Å². The summed E-state index contributed by atoms with van der Waals surface area (Å²) in [6.45, 7) is 5.10. The number of aromatic amines is 1. The summed E-state index contributed by atoms with van der Waals surface area (Å²) in [7, 11) is -3.29. The van der Waals surface area contributed by atoms with Gasteiger partial charge in [0.1, 0.15) is 0 Å². The largest absolute Gasteiger partial charge is 0.345 e. The van der Waals surface area contributed by atoms with Gasteiger partial charge in [-0.1, -0.05) is 0 Å². The zero-order valence-corrected chi connectivity index (χ0v) is 15.2. The summed E-state index contributed by atoms with van der Waals surface area (Å²) in [5.41, 5.74) is 4.31. The predicted octanol–water partition coefficient (Wildman–Crippen LogP) is 1.73. The van der Waals surface area contributed by atoms with Crippen molar-refractivity contribution < 1.29 is 13.2 Å². The molecule has 25 heavy (non-hydrogen) atoms. The maximum Gasteiger partial charge on any atom is 0.319 e. The van der Waals surface area contributed by atoms with Crippen LogP contribution in [0.2, 0.25) is 0 Å². The van der Waals surface area contributed by atoms with Crippen molar-refractivity contribution in [1.82, 2.24) is 19.6 Å². The summed E-state index contributed by atoms with van der Waals surface area (Å²) >= 11 is 0. The number of hydrogen-bond donors (Lipinski definition) is 3. The molecule has 1 saturated heterocycles. The Morgan fingerprint density at radius 1 is 1.28 bits per heavy atom. The van der Waals surface area contributed by atoms with Gasteiger partial charge < -0.3 is 15.6 Å². The molecule has 0 aliphatic carbocycles. The number of hydrogen-bond acceptors (Lipinski definition) is 4. The molecule has 1 fully saturated rings. The van der Waals surface area contributed by atoms with E-state index < -0.39 is 16.1 Å². The molecule has 0 bridgehead atoms. The fraction of sp³-hybridized carbons (Fsp3) is 0.500. The number of rotatable bonds is 5. The summed E-state index contributed by atoms with van der Waals surface area (Å²) in [6, 6.07) is 1.41. The lowest BCUT2D eigenvalue weighted by Gasteiger charge is -2.16. The van der Waals surface area contributed by atoms with Gasteiger partial charge in [-0.3, -0.25) is 0 Å². The Balaban J connectivity index is 1.59. The maximum absolute atomic E-state index is 12.1. The van der Waals surface area contributed by atoms with Gasteiger partial charge >= 0.3 is 6.03 Å². The summed E-state index contributed by atoms with van der Waals surface area (Å²) in [6.07, 6.45) is 3.42. The Hall–Kier alpha value is -2.13. The van der Waals surface area contributed by atoms with E-state index in [0.29, 0.717) is 18.8 Å². The van der Waals surface area contributed by atoms with Crippen molar-refractivity contribution in [3.63, 3.8) is 0 Å². The number of H-pyrrole nitrogens is 1. The molecule has 136 valence electrons. The second-order valence-electron chi connectivity index (χ2n) is 6.28. The normalized spacial score (nSPS) is 15.6. The van der Waals surface area contributed by atoms with Crippen LogP contribution < -0.4 is 10.6 Å². The molecular weight excluding hydrogens is 342 g/mol. The fourth-order valence-corrected chi connectivity index (χ4v) is 4.46. The molecule has 0 unspecified atom stereocenters. The topological polar surface area (TPSA) is 107 Å². The van der Waals surface area contributed by atoms with Crippen LogP contribution in [0.5, 0.6) is 0 Å². The number of amides is 2. The SMILES string of the molecule is Cc1c(NC(=O)NCCS(=O)(=O)N2CCCC2)cc2[nH]cnc2c1C. The number of urea groups is 1. The first-order valence-corrected chi connectivity index (χ1v) is 9.95. The predicted molar refractivity (Wildman–Crippen MR) is 97.2 cm³/mol. The molecule has 1 aliphatic heterocycles. The number of imidazole rings is 1. The van der Waals surface area contributed by atoms with Gasteiger partial charge in [-0.25, -0.2) is 22.5 Å². The first kappa shape index (κ1) is 17.7. The number of carbonyl (C=O) groups excluding carboxylic acids is 1. The third-order valence-corrected chi connectivity index (χ3v) is 6.50. The number of aryl methyl sites for hydroxylation is 1. The summed E-state index contributed by atoms with van der Waals surface area (Å²) < 4.78 is 25.8. The zero-order chi connectivity index (χ0) is 18.0. The molecule has 1 aromatic carbocycles. The highest BCUT2D eigenvalue weighted by atomic mass is 32.2. The highest BCUT2D eigenvalue weighted by Crippen LogP contribution is 2.26. The Kier molecular flexibility index (Phi) is 4.96. The van der Waals surface area contributed by atoms with E-state index in [9.17, 15) is 13.2 Å². The summed E-state index contributed by atoms with van der Waals surface area (Å²) in [5.74, 6) is -0.0853. The minimum atomic E-state index is -3.29. The number of fused-ring (bicyclic) bond motifs is 1. The van der Waals surface area contributed by atoms with E-state index in [-0.39, 0.29) is 12.3 Å². The lowest BCUT2D eigenvalue weighted by molar-refractivity contribution is 0.252. The van der Waals surface area contributed by atoms with Gasteiger partial charge in [0.15, 0.2) is 0 Å². The van der Waals surface area contributed by atoms with E-state index in [4.69, 9.17) is 0 Å². The van der Waals surface area contributed by atoms with Crippen LogP contribution >= 0.6 is 0 Å². The molecular formula is C16H23N5O3S. The lowest BCUT2D eigenvalue weighted by atomic mass is 10.1. The molecule has 0 spiro atoms. The quantitative estimate of drug-likeness (QED) is 0.750. The average Bonchev–Trinajstić information content (AvgIpc) is 3.23. The number of benzene rings is 1. The third kappa shape index (κ3) is 3.77. The molecule has 0 saturated carbocycles. The monoisotopic (exact) mass is 365 g/mol. The van der Waals surface area contributed by atoms with Crippen molar-refractivity contribution in [3.05, 3.63) is 23.5 Å². The van der Waals surface area contributed by atoms with Gasteiger partial charge in [0, 0.05) is 25.3 Å². The number of aromatic nitrogens is 2. The van der Waals surface area contributed by atoms with E-state index in [2.05, 4.69) is 20.6 Å². The summed E-state index contributed by atoms with van der Waals surface area (Å²) in [5, 5.41) is 5.40. The van der Waals surface area contributed by atoms with E-state index in [0.717, 1.165) is 35.0 Å². The van der Waals surface area contributed by atoms with E-state index in [1.807, 2.05) is 19.9 Å². The van der Waals surface area contributed by atoms with Crippen molar-refractivity contribution in [2.24, 2.45) is 0 Å². The molecule has 3 N–H and O–H groups in total. The molecule has 2 heterocycles. The maximum atomic E-state index is 12.1.